The van der Waals surface area contributed by atoms with E-state index >= 15 is 0 Å². The molecule has 0 rings (SSSR count). The van der Waals surface area contributed by atoms with E-state index < -0.39 is 0 Å². The summed E-state index contributed by atoms with van der Waals surface area (Å²) in [5.74, 6) is 0.935. The molecule has 78 valence electrons. The Balaban J connectivity index is -0.000000118. The van der Waals surface area contributed by atoms with E-state index in [2.05, 4.69) is 34.6 Å². The number of hydrogen-bond acceptors (Lipinski definition) is 0. The van der Waals surface area contributed by atoms with Gasteiger partial charge in [-0.2, -0.15) is 0 Å². The van der Waals surface area contributed by atoms with Crippen molar-refractivity contribution in [2.24, 2.45) is 5.92 Å². The van der Waals surface area contributed by atoms with E-state index in [0.29, 0.717) is 0 Å². The lowest BCUT2D eigenvalue weighted by Gasteiger charge is -1.98. The van der Waals surface area contributed by atoms with Gasteiger partial charge in [0.1, 0.15) is 0 Å². The van der Waals surface area contributed by atoms with E-state index in [1.807, 2.05) is 13.8 Å². The van der Waals surface area contributed by atoms with Crippen molar-refractivity contribution in [3.63, 3.8) is 0 Å². The van der Waals surface area contributed by atoms with Gasteiger partial charge in [0.2, 0.25) is 0 Å². The van der Waals surface area contributed by atoms with Gasteiger partial charge in [0.05, 0.1) is 0 Å². The van der Waals surface area contributed by atoms with Gasteiger partial charge in [-0.25, -0.2) is 0 Å². The molecule has 0 heterocycles. The van der Waals surface area contributed by atoms with Crippen LogP contribution >= 0.6 is 0 Å². The van der Waals surface area contributed by atoms with Crippen molar-refractivity contribution in [2.75, 3.05) is 0 Å². The second-order valence-electron chi connectivity index (χ2n) is 2.92. The maximum atomic E-state index is 2.28. The largest absolute Gasteiger partial charge is 0.0683 e. The fourth-order valence-corrected chi connectivity index (χ4v) is 0.289. The van der Waals surface area contributed by atoms with Crippen LogP contribution in [0.15, 0.2) is 0 Å². The molecule has 0 aliphatic rings. The van der Waals surface area contributed by atoms with Gasteiger partial charge >= 0.3 is 0 Å². The summed E-state index contributed by atoms with van der Waals surface area (Å²) in [5.41, 5.74) is 0. The minimum absolute atomic E-state index is 0.935. The van der Waals surface area contributed by atoms with Crippen LogP contribution in [0.2, 0.25) is 0 Å². The van der Waals surface area contributed by atoms with Crippen LogP contribution in [0.25, 0.3) is 0 Å². The molecular formula is C12H30. The van der Waals surface area contributed by atoms with Crippen LogP contribution in [-0.2, 0) is 0 Å². The first-order valence-corrected chi connectivity index (χ1v) is 5.72. The third-order valence-electron chi connectivity index (χ3n) is 1.89. The summed E-state index contributed by atoms with van der Waals surface area (Å²) in [6.07, 6.45) is 5.30. The van der Waals surface area contributed by atoms with Crippen molar-refractivity contribution in [1.82, 2.24) is 0 Å². The van der Waals surface area contributed by atoms with Crippen molar-refractivity contribution < 1.29 is 0 Å². The van der Waals surface area contributed by atoms with Crippen molar-refractivity contribution in [2.45, 2.75) is 74.1 Å². The molecular weight excluding hydrogens is 144 g/mol. The first-order chi connectivity index (χ1) is 5.72. The molecule has 0 spiro atoms. The van der Waals surface area contributed by atoms with Gasteiger partial charge in [-0.3, -0.25) is 0 Å². The predicted molar refractivity (Wildman–Crippen MR) is 61.7 cm³/mol. The van der Waals surface area contributed by atoms with Gasteiger partial charge in [0.15, 0.2) is 0 Å². The summed E-state index contributed by atoms with van der Waals surface area (Å²) in [6, 6.07) is 0. The fourth-order valence-electron chi connectivity index (χ4n) is 0.289. The molecule has 0 aromatic carbocycles. The number of unbranched alkanes of at least 4 members (excludes halogenated alkanes) is 1. The Morgan fingerprint density at radius 2 is 1.00 bits per heavy atom. The maximum absolute atomic E-state index is 2.28. The predicted octanol–water partition coefficient (Wildman–Crippen LogP) is 5.28. The van der Waals surface area contributed by atoms with E-state index in [1.165, 1.54) is 25.7 Å². The molecule has 0 radical (unpaired) electrons. The Hall–Kier alpha value is 0. The van der Waals surface area contributed by atoms with Gasteiger partial charge in [-0.1, -0.05) is 74.1 Å². The highest BCUT2D eigenvalue weighted by atomic mass is 13.9. The first kappa shape index (κ1) is 17.9. The molecule has 0 N–H and O–H groups in total. The molecule has 0 aromatic heterocycles. The molecule has 0 aliphatic carbocycles. The van der Waals surface area contributed by atoms with Crippen molar-refractivity contribution in [3.8, 4) is 0 Å². The first-order valence-electron chi connectivity index (χ1n) is 5.72. The van der Waals surface area contributed by atoms with Crippen molar-refractivity contribution in [1.29, 1.82) is 0 Å². The summed E-state index contributed by atoms with van der Waals surface area (Å²) in [7, 11) is 0. The van der Waals surface area contributed by atoms with Crippen LogP contribution in [0.5, 0.6) is 0 Å². The Kier molecular flexibility index (Phi) is 33.5. The van der Waals surface area contributed by atoms with E-state index in [1.54, 1.807) is 0 Å². The zero-order valence-corrected chi connectivity index (χ0v) is 10.4. The maximum Gasteiger partial charge on any atom is -0.0448 e. The summed E-state index contributed by atoms with van der Waals surface area (Å²) in [4.78, 5) is 0. The van der Waals surface area contributed by atoms with Gasteiger partial charge in [0, 0.05) is 0 Å². The molecule has 0 saturated heterocycles. The average Bonchev–Trinajstić information content (AvgIpc) is 2.20. The minimum Gasteiger partial charge on any atom is -0.0683 e. The molecule has 0 atom stereocenters. The molecule has 0 unspecified atom stereocenters. The smallest absolute Gasteiger partial charge is 0.0448 e. The third kappa shape index (κ3) is 32.4. The van der Waals surface area contributed by atoms with Crippen LogP contribution in [-0.4, -0.2) is 0 Å². The molecule has 0 aromatic rings. The topological polar surface area (TPSA) is 0 Å². The normalized spacial score (nSPS) is 8.00. The van der Waals surface area contributed by atoms with Crippen molar-refractivity contribution >= 4 is 0 Å². The minimum atomic E-state index is 0.935. The van der Waals surface area contributed by atoms with E-state index in [-0.39, 0.29) is 0 Å². The molecule has 0 bridgehead atoms. The molecule has 0 amide bonds. The SMILES string of the molecule is CC.CCC(C)CC.CCCC. The molecule has 0 heteroatoms. The Bertz CT molecular complexity index is 33.3. The van der Waals surface area contributed by atoms with Crippen LogP contribution in [0.1, 0.15) is 74.1 Å². The second kappa shape index (κ2) is 22.4. The lowest BCUT2D eigenvalue weighted by molar-refractivity contribution is 0.544. The summed E-state index contributed by atoms with van der Waals surface area (Å²) < 4.78 is 0. The monoisotopic (exact) mass is 174 g/mol. The van der Waals surface area contributed by atoms with Gasteiger partial charge in [-0.15, -0.1) is 0 Å². The van der Waals surface area contributed by atoms with E-state index in [4.69, 9.17) is 0 Å². The third-order valence-corrected chi connectivity index (χ3v) is 1.89. The lowest BCUT2D eigenvalue weighted by Crippen LogP contribution is -1.85. The van der Waals surface area contributed by atoms with E-state index in [9.17, 15) is 0 Å². The van der Waals surface area contributed by atoms with Crippen LogP contribution in [0.3, 0.4) is 0 Å². The number of rotatable bonds is 3. The van der Waals surface area contributed by atoms with Crippen LogP contribution in [0.4, 0.5) is 0 Å². The molecule has 12 heavy (non-hydrogen) atoms. The average molecular weight is 174 g/mol. The van der Waals surface area contributed by atoms with Gasteiger partial charge < -0.3 is 0 Å². The lowest BCUT2D eigenvalue weighted by atomic mass is 10.1. The summed E-state index contributed by atoms with van der Waals surface area (Å²) >= 11 is 0. The Labute approximate surface area is 80.8 Å². The zero-order valence-electron chi connectivity index (χ0n) is 10.4. The van der Waals surface area contributed by atoms with E-state index in [0.717, 1.165) is 5.92 Å². The van der Waals surface area contributed by atoms with Crippen LogP contribution < -0.4 is 0 Å². The highest BCUT2D eigenvalue weighted by Gasteiger charge is 1.88. The Morgan fingerprint density at radius 1 is 0.750 bits per heavy atom. The molecule has 0 nitrogen and oxygen atoms in total. The fraction of sp³-hybridized carbons (Fsp3) is 1.00. The van der Waals surface area contributed by atoms with Gasteiger partial charge in [0.25, 0.3) is 0 Å². The second-order valence-corrected chi connectivity index (χ2v) is 2.92. The van der Waals surface area contributed by atoms with Gasteiger partial charge in [-0.05, 0) is 5.92 Å². The number of hydrogen-bond donors (Lipinski definition) is 0. The quantitative estimate of drug-likeness (QED) is 0.546. The molecule has 0 aliphatic heterocycles. The van der Waals surface area contributed by atoms with Crippen molar-refractivity contribution in [3.05, 3.63) is 0 Å². The molecule has 0 fully saturated rings. The highest BCUT2D eigenvalue weighted by molar-refractivity contribution is 4.41. The summed E-state index contributed by atoms with van der Waals surface area (Å²) in [5, 5.41) is 0. The standard InChI is InChI=1S/C6H14.C4H10.C2H6/c1-4-6(3)5-2;1-3-4-2;1-2/h6H,4-5H2,1-3H3;3-4H2,1-2H3;1-2H3. The summed E-state index contributed by atoms with van der Waals surface area (Å²) in [6.45, 7) is 15.1. The van der Waals surface area contributed by atoms with Crippen LogP contribution in [0, 0.1) is 5.92 Å². The highest BCUT2D eigenvalue weighted by Crippen LogP contribution is 2.02. The molecule has 0 saturated carbocycles. The Morgan fingerprint density at radius 3 is 1.00 bits per heavy atom. The zero-order chi connectivity index (χ0) is 10.4.